The number of carbonyl (C=O) groups excluding carboxylic acids is 1. The van der Waals surface area contributed by atoms with Crippen LogP contribution in [0.1, 0.15) is 23.6 Å². The molecule has 0 saturated carbocycles. The largest absolute Gasteiger partial charge is 0.381 e. The van der Waals surface area contributed by atoms with Crippen LogP contribution in [0.4, 0.5) is 11.4 Å². The normalized spacial score (nSPS) is 10.3. The minimum absolute atomic E-state index is 0.0619. The molecule has 0 aliphatic rings. The van der Waals surface area contributed by atoms with Gasteiger partial charge in [-0.2, -0.15) is 0 Å². The van der Waals surface area contributed by atoms with Crippen molar-refractivity contribution in [1.29, 1.82) is 0 Å². The highest BCUT2D eigenvalue weighted by Gasteiger charge is 2.02. The summed E-state index contributed by atoms with van der Waals surface area (Å²) in [4.78, 5) is 11.1. The van der Waals surface area contributed by atoms with E-state index in [1.54, 1.807) is 0 Å². The van der Waals surface area contributed by atoms with Crippen LogP contribution in [0, 0.1) is 13.8 Å². The lowest BCUT2D eigenvalue weighted by Crippen LogP contribution is -2.07. The molecule has 2 N–H and O–H groups in total. The molecule has 0 fully saturated rings. The fourth-order valence-corrected chi connectivity index (χ4v) is 2.26. The number of rotatable bonds is 4. The van der Waals surface area contributed by atoms with E-state index in [-0.39, 0.29) is 5.91 Å². The van der Waals surface area contributed by atoms with Crippen molar-refractivity contribution in [3.63, 3.8) is 0 Å². The van der Waals surface area contributed by atoms with Gasteiger partial charge in [0.25, 0.3) is 0 Å². The minimum Gasteiger partial charge on any atom is -0.381 e. The first-order valence-corrected chi connectivity index (χ1v) is 7.20. The molecule has 0 bridgehead atoms. The SMILES string of the molecule is CC(=O)Nc1ccc(NCc2ccc(C)c(Cl)c2)cc1C. The van der Waals surface area contributed by atoms with Gasteiger partial charge in [-0.15, -0.1) is 0 Å². The molecule has 0 aliphatic heterocycles. The van der Waals surface area contributed by atoms with Gasteiger partial charge in [0.2, 0.25) is 5.91 Å². The zero-order valence-corrected chi connectivity index (χ0v) is 13.2. The van der Waals surface area contributed by atoms with Crippen LogP contribution in [0.15, 0.2) is 36.4 Å². The molecule has 0 aromatic heterocycles. The van der Waals surface area contributed by atoms with Gasteiger partial charge < -0.3 is 10.6 Å². The van der Waals surface area contributed by atoms with E-state index in [4.69, 9.17) is 11.6 Å². The highest BCUT2D eigenvalue weighted by atomic mass is 35.5. The molecule has 1 amide bonds. The van der Waals surface area contributed by atoms with E-state index in [1.165, 1.54) is 6.92 Å². The van der Waals surface area contributed by atoms with E-state index in [0.717, 1.165) is 33.1 Å². The lowest BCUT2D eigenvalue weighted by Gasteiger charge is -2.11. The Bertz CT molecular complexity index is 668. The van der Waals surface area contributed by atoms with Gasteiger partial charge in [-0.3, -0.25) is 4.79 Å². The Morgan fingerprint density at radius 1 is 1.10 bits per heavy atom. The van der Waals surface area contributed by atoms with E-state index in [1.807, 2.05) is 44.2 Å². The number of halogens is 1. The third-order valence-electron chi connectivity index (χ3n) is 3.27. The van der Waals surface area contributed by atoms with Crippen LogP contribution in [0.25, 0.3) is 0 Å². The Balaban J connectivity index is 2.04. The second-order valence-electron chi connectivity index (χ2n) is 5.15. The van der Waals surface area contributed by atoms with E-state index in [2.05, 4.69) is 16.7 Å². The molecule has 4 heteroatoms. The van der Waals surface area contributed by atoms with Gasteiger partial charge >= 0.3 is 0 Å². The maximum atomic E-state index is 11.1. The Morgan fingerprint density at radius 2 is 1.86 bits per heavy atom. The molecule has 0 saturated heterocycles. The Morgan fingerprint density at radius 3 is 2.48 bits per heavy atom. The van der Waals surface area contributed by atoms with E-state index in [0.29, 0.717) is 6.54 Å². The standard InChI is InChI=1S/C17H19ClN2O/c1-11-4-5-14(9-16(11)18)10-19-15-6-7-17(12(2)8-15)20-13(3)21/h4-9,19H,10H2,1-3H3,(H,20,21). The molecule has 0 radical (unpaired) electrons. The summed E-state index contributed by atoms with van der Waals surface area (Å²) in [5, 5.41) is 6.95. The van der Waals surface area contributed by atoms with Gasteiger partial charge in [0.05, 0.1) is 0 Å². The molecule has 0 spiro atoms. The van der Waals surface area contributed by atoms with Crippen LogP contribution in [0.2, 0.25) is 5.02 Å². The Labute approximate surface area is 130 Å². The predicted molar refractivity (Wildman–Crippen MR) is 89.0 cm³/mol. The number of hydrogen-bond donors (Lipinski definition) is 2. The third kappa shape index (κ3) is 4.23. The summed E-state index contributed by atoms with van der Waals surface area (Å²) in [5.41, 5.74) is 5.09. The number of carbonyl (C=O) groups is 1. The first-order valence-electron chi connectivity index (χ1n) is 6.83. The number of hydrogen-bond acceptors (Lipinski definition) is 2. The van der Waals surface area contributed by atoms with E-state index < -0.39 is 0 Å². The van der Waals surface area contributed by atoms with Crippen molar-refractivity contribution in [3.8, 4) is 0 Å². The van der Waals surface area contributed by atoms with Crippen LogP contribution in [-0.4, -0.2) is 5.91 Å². The Kier molecular flexibility index (Phi) is 4.86. The molecular weight excluding hydrogens is 284 g/mol. The fourth-order valence-electron chi connectivity index (χ4n) is 2.05. The molecule has 0 heterocycles. The fraction of sp³-hybridized carbons (Fsp3) is 0.235. The highest BCUT2D eigenvalue weighted by molar-refractivity contribution is 6.31. The van der Waals surface area contributed by atoms with E-state index >= 15 is 0 Å². The zero-order valence-electron chi connectivity index (χ0n) is 12.5. The molecule has 0 atom stereocenters. The molecule has 2 aromatic rings. The Hall–Kier alpha value is -2.00. The second-order valence-corrected chi connectivity index (χ2v) is 5.56. The molecule has 0 unspecified atom stereocenters. The lowest BCUT2D eigenvalue weighted by molar-refractivity contribution is -0.114. The minimum atomic E-state index is -0.0619. The number of aryl methyl sites for hydroxylation is 2. The van der Waals surface area contributed by atoms with Crippen LogP contribution in [0.3, 0.4) is 0 Å². The van der Waals surface area contributed by atoms with Crippen molar-refractivity contribution < 1.29 is 4.79 Å². The molecule has 2 rings (SSSR count). The van der Waals surface area contributed by atoms with E-state index in [9.17, 15) is 4.79 Å². The number of amides is 1. The predicted octanol–water partition coefficient (Wildman–Crippen LogP) is 4.53. The summed E-state index contributed by atoms with van der Waals surface area (Å²) >= 11 is 6.12. The number of anilines is 2. The van der Waals surface area contributed by atoms with Crippen molar-refractivity contribution in [1.82, 2.24) is 0 Å². The zero-order chi connectivity index (χ0) is 15.4. The lowest BCUT2D eigenvalue weighted by atomic mass is 10.1. The molecule has 110 valence electrons. The van der Waals surface area contributed by atoms with Crippen molar-refractivity contribution >= 4 is 28.9 Å². The van der Waals surface area contributed by atoms with Crippen LogP contribution in [-0.2, 0) is 11.3 Å². The molecule has 21 heavy (non-hydrogen) atoms. The van der Waals surface area contributed by atoms with Gasteiger partial charge in [0.1, 0.15) is 0 Å². The molecule has 2 aromatic carbocycles. The van der Waals surface area contributed by atoms with Crippen molar-refractivity contribution in [2.75, 3.05) is 10.6 Å². The average Bonchev–Trinajstić information content (AvgIpc) is 2.42. The summed E-state index contributed by atoms with van der Waals surface area (Å²) in [6.07, 6.45) is 0. The monoisotopic (exact) mass is 302 g/mol. The van der Waals surface area contributed by atoms with Crippen LogP contribution < -0.4 is 10.6 Å². The third-order valence-corrected chi connectivity index (χ3v) is 3.68. The quantitative estimate of drug-likeness (QED) is 0.871. The van der Waals surface area contributed by atoms with Gasteiger partial charge in [-0.25, -0.2) is 0 Å². The highest BCUT2D eigenvalue weighted by Crippen LogP contribution is 2.21. The molecular formula is C17H19ClN2O. The first kappa shape index (κ1) is 15.4. The van der Waals surface area contributed by atoms with Crippen molar-refractivity contribution in [2.45, 2.75) is 27.3 Å². The summed E-state index contributed by atoms with van der Waals surface area (Å²) in [7, 11) is 0. The maximum Gasteiger partial charge on any atom is 0.221 e. The van der Waals surface area contributed by atoms with Gasteiger partial charge in [0.15, 0.2) is 0 Å². The molecule has 3 nitrogen and oxygen atoms in total. The van der Waals surface area contributed by atoms with Gasteiger partial charge in [0, 0.05) is 29.9 Å². The van der Waals surface area contributed by atoms with Crippen molar-refractivity contribution in [3.05, 3.63) is 58.1 Å². The topological polar surface area (TPSA) is 41.1 Å². The summed E-state index contributed by atoms with van der Waals surface area (Å²) in [5.74, 6) is -0.0619. The summed E-state index contributed by atoms with van der Waals surface area (Å²) in [6.45, 7) is 6.18. The number of benzene rings is 2. The summed E-state index contributed by atoms with van der Waals surface area (Å²) in [6, 6.07) is 11.9. The average molecular weight is 303 g/mol. The van der Waals surface area contributed by atoms with Crippen LogP contribution in [0.5, 0.6) is 0 Å². The number of nitrogens with one attached hydrogen (secondary N) is 2. The van der Waals surface area contributed by atoms with Crippen LogP contribution >= 0.6 is 11.6 Å². The van der Waals surface area contributed by atoms with Crippen molar-refractivity contribution in [2.24, 2.45) is 0 Å². The smallest absolute Gasteiger partial charge is 0.221 e. The maximum absolute atomic E-state index is 11.1. The first-order chi connectivity index (χ1) is 9.95. The summed E-state index contributed by atoms with van der Waals surface area (Å²) < 4.78 is 0. The van der Waals surface area contributed by atoms with Gasteiger partial charge in [-0.1, -0.05) is 23.7 Å². The molecule has 0 aliphatic carbocycles. The van der Waals surface area contributed by atoms with Gasteiger partial charge in [-0.05, 0) is 54.8 Å². The second kappa shape index (κ2) is 6.64.